The molecule has 0 amide bonds. The van der Waals surface area contributed by atoms with E-state index in [2.05, 4.69) is 18.9 Å². The Kier molecular flexibility index (Phi) is 7.23. The van der Waals surface area contributed by atoms with Crippen LogP contribution in [0.2, 0.25) is 0 Å². The maximum atomic E-state index is 5.96. The van der Waals surface area contributed by atoms with Crippen molar-refractivity contribution < 1.29 is 9.47 Å². The molecule has 2 N–H and O–H groups in total. The maximum Gasteiger partial charge on any atom is 0.145 e. The lowest BCUT2D eigenvalue weighted by molar-refractivity contribution is 0.322. The number of rotatable bonds is 9. The number of aryl methyl sites for hydroxylation is 1. The van der Waals surface area contributed by atoms with Crippen LogP contribution in [0.15, 0.2) is 12.1 Å². The van der Waals surface area contributed by atoms with Gasteiger partial charge in [-0.05, 0) is 51.0 Å². The van der Waals surface area contributed by atoms with E-state index in [-0.39, 0.29) is 0 Å². The molecule has 0 unspecified atom stereocenters. The summed E-state index contributed by atoms with van der Waals surface area (Å²) < 4.78 is 10.6. The van der Waals surface area contributed by atoms with Crippen molar-refractivity contribution in [3.8, 4) is 11.5 Å². The standard InChI is InChI=1S/C16H28N2O2/c1-5-6-9-18(2)10-7-8-13-11-14(17)16(20-4)12-15(13)19-3/h11-12H,5-10,17H2,1-4H3. The van der Waals surface area contributed by atoms with Gasteiger partial charge < -0.3 is 20.1 Å². The van der Waals surface area contributed by atoms with Crippen molar-refractivity contribution in [2.24, 2.45) is 0 Å². The van der Waals surface area contributed by atoms with Crippen LogP contribution >= 0.6 is 0 Å². The molecule has 1 aromatic carbocycles. The van der Waals surface area contributed by atoms with Crippen molar-refractivity contribution in [1.82, 2.24) is 4.90 Å². The summed E-state index contributed by atoms with van der Waals surface area (Å²) >= 11 is 0. The molecule has 0 aliphatic carbocycles. The van der Waals surface area contributed by atoms with E-state index in [0.717, 1.165) is 30.7 Å². The molecular formula is C16H28N2O2. The molecule has 1 rings (SSSR count). The summed E-state index contributed by atoms with van der Waals surface area (Å²) in [6, 6.07) is 3.83. The van der Waals surface area contributed by atoms with E-state index in [9.17, 15) is 0 Å². The lowest BCUT2D eigenvalue weighted by Gasteiger charge is -2.17. The van der Waals surface area contributed by atoms with Gasteiger partial charge in [0.15, 0.2) is 0 Å². The van der Waals surface area contributed by atoms with Gasteiger partial charge in [-0.15, -0.1) is 0 Å². The monoisotopic (exact) mass is 280 g/mol. The van der Waals surface area contributed by atoms with Crippen LogP contribution in [0.5, 0.6) is 11.5 Å². The Bertz CT molecular complexity index is 408. The maximum absolute atomic E-state index is 5.96. The number of ether oxygens (including phenoxy) is 2. The molecule has 114 valence electrons. The lowest BCUT2D eigenvalue weighted by atomic mass is 10.1. The van der Waals surface area contributed by atoms with Gasteiger partial charge in [0, 0.05) is 6.07 Å². The fourth-order valence-electron chi connectivity index (χ4n) is 2.27. The minimum atomic E-state index is 0.669. The summed E-state index contributed by atoms with van der Waals surface area (Å²) in [5, 5.41) is 0. The number of nitrogens with two attached hydrogens (primary N) is 1. The van der Waals surface area contributed by atoms with E-state index < -0.39 is 0 Å². The fourth-order valence-corrected chi connectivity index (χ4v) is 2.27. The minimum absolute atomic E-state index is 0.669. The first-order valence-corrected chi connectivity index (χ1v) is 7.31. The predicted octanol–water partition coefficient (Wildman–Crippen LogP) is 2.95. The van der Waals surface area contributed by atoms with E-state index in [4.69, 9.17) is 15.2 Å². The molecule has 0 aliphatic heterocycles. The van der Waals surface area contributed by atoms with Gasteiger partial charge >= 0.3 is 0 Å². The molecule has 0 bridgehead atoms. The Hall–Kier alpha value is -1.42. The molecule has 0 spiro atoms. The first-order chi connectivity index (χ1) is 9.62. The molecule has 0 aromatic heterocycles. The Morgan fingerprint density at radius 2 is 1.70 bits per heavy atom. The van der Waals surface area contributed by atoms with Crippen LogP contribution in [0.4, 0.5) is 5.69 Å². The number of hydrogen-bond donors (Lipinski definition) is 1. The minimum Gasteiger partial charge on any atom is -0.496 e. The summed E-state index contributed by atoms with van der Waals surface area (Å²) in [5.41, 5.74) is 7.78. The van der Waals surface area contributed by atoms with Gasteiger partial charge in [-0.3, -0.25) is 0 Å². The second-order valence-corrected chi connectivity index (χ2v) is 5.17. The van der Waals surface area contributed by atoms with E-state index in [1.54, 1.807) is 14.2 Å². The van der Waals surface area contributed by atoms with Crippen LogP contribution in [-0.2, 0) is 6.42 Å². The largest absolute Gasteiger partial charge is 0.496 e. The molecule has 4 nitrogen and oxygen atoms in total. The summed E-state index contributed by atoms with van der Waals surface area (Å²) in [4.78, 5) is 2.38. The van der Waals surface area contributed by atoms with Crippen LogP contribution in [-0.4, -0.2) is 39.3 Å². The lowest BCUT2D eigenvalue weighted by Crippen LogP contribution is -2.21. The van der Waals surface area contributed by atoms with Gasteiger partial charge in [0.2, 0.25) is 0 Å². The van der Waals surface area contributed by atoms with E-state index in [0.29, 0.717) is 11.4 Å². The molecule has 0 atom stereocenters. The number of nitrogens with zero attached hydrogens (tertiary/aromatic N) is 1. The Morgan fingerprint density at radius 1 is 1.05 bits per heavy atom. The predicted molar refractivity (Wildman–Crippen MR) is 84.7 cm³/mol. The number of methoxy groups -OCH3 is 2. The van der Waals surface area contributed by atoms with E-state index in [1.807, 2.05) is 12.1 Å². The first kappa shape index (κ1) is 16.6. The highest BCUT2D eigenvalue weighted by Gasteiger charge is 2.09. The van der Waals surface area contributed by atoms with Gasteiger partial charge in [-0.1, -0.05) is 13.3 Å². The molecule has 0 saturated carbocycles. The summed E-state index contributed by atoms with van der Waals surface area (Å²) in [6.07, 6.45) is 4.57. The van der Waals surface area contributed by atoms with Crippen molar-refractivity contribution in [1.29, 1.82) is 0 Å². The Morgan fingerprint density at radius 3 is 2.30 bits per heavy atom. The molecule has 0 aliphatic rings. The third kappa shape index (κ3) is 4.93. The summed E-state index contributed by atoms with van der Waals surface area (Å²) in [5.74, 6) is 1.53. The summed E-state index contributed by atoms with van der Waals surface area (Å²) in [6.45, 7) is 4.48. The van der Waals surface area contributed by atoms with Gasteiger partial charge in [-0.25, -0.2) is 0 Å². The zero-order chi connectivity index (χ0) is 15.0. The number of anilines is 1. The molecular weight excluding hydrogens is 252 g/mol. The molecule has 20 heavy (non-hydrogen) atoms. The van der Waals surface area contributed by atoms with Crippen molar-refractivity contribution in [2.45, 2.75) is 32.6 Å². The number of benzene rings is 1. The molecule has 0 radical (unpaired) electrons. The molecule has 0 heterocycles. The molecule has 4 heteroatoms. The fraction of sp³-hybridized carbons (Fsp3) is 0.625. The average Bonchev–Trinajstić information content (AvgIpc) is 2.45. The number of unbranched alkanes of at least 4 members (excludes halogenated alkanes) is 1. The van der Waals surface area contributed by atoms with Gasteiger partial charge in [0.05, 0.1) is 19.9 Å². The second kappa shape index (κ2) is 8.69. The normalized spacial score (nSPS) is 10.8. The van der Waals surface area contributed by atoms with Gasteiger partial charge in [0.25, 0.3) is 0 Å². The number of hydrogen-bond acceptors (Lipinski definition) is 4. The highest BCUT2D eigenvalue weighted by Crippen LogP contribution is 2.31. The van der Waals surface area contributed by atoms with Gasteiger partial charge in [-0.2, -0.15) is 0 Å². The van der Waals surface area contributed by atoms with E-state index in [1.165, 1.54) is 19.4 Å². The van der Waals surface area contributed by atoms with Crippen molar-refractivity contribution in [3.05, 3.63) is 17.7 Å². The first-order valence-electron chi connectivity index (χ1n) is 7.31. The topological polar surface area (TPSA) is 47.7 Å². The third-order valence-corrected chi connectivity index (χ3v) is 3.51. The Labute approximate surface area is 122 Å². The molecule has 0 fully saturated rings. The third-order valence-electron chi connectivity index (χ3n) is 3.51. The van der Waals surface area contributed by atoms with Gasteiger partial charge in [0.1, 0.15) is 11.5 Å². The second-order valence-electron chi connectivity index (χ2n) is 5.17. The summed E-state index contributed by atoms with van der Waals surface area (Å²) in [7, 11) is 5.48. The highest BCUT2D eigenvalue weighted by molar-refractivity contribution is 5.59. The quantitative estimate of drug-likeness (QED) is 0.707. The Balaban J connectivity index is 2.57. The van der Waals surface area contributed by atoms with Crippen LogP contribution in [0.3, 0.4) is 0 Å². The van der Waals surface area contributed by atoms with Crippen molar-refractivity contribution in [3.63, 3.8) is 0 Å². The highest BCUT2D eigenvalue weighted by atomic mass is 16.5. The van der Waals surface area contributed by atoms with Crippen LogP contribution in [0.1, 0.15) is 31.7 Å². The van der Waals surface area contributed by atoms with Crippen molar-refractivity contribution in [2.75, 3.05) is 40.1 Å². The molecule has 1 aromatic rings. The van der Waals surface area contributed by atoms with Crippen LogP contribution in [0.25, 0.3) is 0 Å². The molecule has 0 saturated heterocycles. The van der Waals surface area contributed by atoms with Crippen LogP contribution in [0, 0.1) is 0 Å². The number of nitrogen functional groups attached to an aromatic ring is 1. The van der Waals surface area contributed by atoms with Crippen molar-refractivity contribution >= 4 is 5.69 Å². The zero-order valence-electron chi connectivity index (χ0n) is 13.2. The average molecular weight is 280 g/mol. The SMILES string of the molecule is CCCCN(C)CCCc1cc(N)c(OC)cc1OC. The van der Waals surface area contributed by atoms with Crippen LogP contribution < -0.4 is 15.2 Å². The zero-order valence-corrected chi connectivity index (χ0v) is 13.2. The smallest absolute Gasteiger partial charge is 0.145 e. The van der Waals surface area contributed by atoms with E-state index >= 15 is 0 Å².